The van der Waals surface area contributed by atoms with Crippen molar-refractivity contribution in [2.24, 2.45) is 0 Å². The van der Waals surface area contributed by atoms with Crippen molar-refractivity contribution in [2.75, 3.05) is 32.2 Å². The fourth-order valence-electron chi connectivity index (χ4n) is 3.49. The largest absolute Gasteiger partial charge is 0.481 e. The van der Waals surface area contributed by atoms with Crippen LogP contribution in [-0.2, 0) is 0 Å². The first kappa shape index (κ1) is 19.6. The predicted octanol–water partition coefficient (Wildman–Crippen LogP) is 4.98. The van der Waals surface area contributed by atoms with Crippen LogP contribution in [0.2, 0.25) is 0 Å². The molecule has 0 aliphatic carbocycles. The van der Waals surface area contributed by atoms with Crippen LogP contribution in [0.1, 0.15) is 29.5 Å². The Hall–Kier alpha value is -2.73. The van der Waals surface area contributed by atoms with Gasteiger partial charge in [-0.15, -0.1) is 11.8 Å². The Morgan fingerprint density at radius 3 is 2.07 bits per heavy atom. The summed E-state index contributed by atoms with van der Waals surface area (Å²) in [7, 11) is 3.21. The van der Waals surface area contributed by atoms with E-state index in [-0.39, 0.29) is 5.25 Å². The summed E-state index contributed by atoms with van der Waals surface area (Å²) >= 11 is 1.73. The van der Waals surface area contributed by atoms with Crippen molar-refractivity contribution in [3.8, 4) is 11.8 Å². The smallest absolute Gasteiger partial charge is 0.220 e. The molecule has 2 aromatic carbocycles. The van der Waals surface area contributed by atoms with E-state index in [0.717, 1.165) is 18.7 Å². The monoisotopic (exact) mass is 407 g/mol. The molecule has 4 rings (SSSR count). The molecule has 2 heterocycles. The Morgan fingerprint density at radius 2 is 1.48 bits per heavy atom. The van der Waals surface area contributed by atoms with E-state index >= 15 is 0 Å². The van der Waals surface area contributed by atoms with Gasteiger partial charge >= 0.3 is 0 Å². The van der Waals surface area contributed by atoms with Gasteiger partial charge in [-0.3, -0.25) is 0 Å². The van der Waals surface area contributed by atoms with Gasteiger partial charge in [0, 0.05) is 23.7 Å². The number of thioether (sulfide) groups is 1. The Morgan fingerprint density at radius 1 is 0.862 bits per heavy atom. The molecule has 0 N–H and O–H groups in total. The van der Waals surface area contributed by atoms with Gasteiger partial charge in [-0.25, -0.2) is 0 Å². The lowest BCUT2D eigenvalue weighted by Crippen LogP contribution is -2.17. The van der Waals surface area contributed by atoms with E-state index in [1.807, 2.05) is 18.2 Å². The average molecular weight is 408 g/mol. The van der Waals surface area contributed by atoms with Crippen LogP contribution in [0.15, 0.2) is 65.6 Å². The summed E-state index contributed by atoms with van der Waals surface area (Å²) in [5.74, 6) is 1.66. The zero-order valence-corrected chi connectivity index (χ0v) is 17.6. The maximum atomic E-state index is 5.36. The number of ether oxygens (including phenoxy) is 2. The summed E-state index contributed by atoms with van der Waals surface area (Å²) in [5, 5.41) is -0.0714. The lowest BCUT2D eigenvalue weighted by atomic mass is 10.1. The molecular weight excluding hydrogens is 382 g/mol. The minimum absolute atomic E-state index is 0.0714. The normalized spacial score (nSPS) is 14.6. The second-order valence-corrected chi connectivity index (χ2v) is 8.09. The van der Waals surface area contributed by atoms with Crippen LogP contribution in [0.5, 0.6) is 11.8 Å². The standard InChI is InChI=1S/C23H25N3O2S/c1-27-20-16-21(28-2)25-23(24-20)22(17-8-4-3-5-9-17)29-19-12-10-18(11-13-19)26-14-6-7-15-26/h3-5,8-13,16,22H,6-7,14-15H2,1-2H3. The molecule has 1 fully saturated rings. The van der Waals surface area contributed by atoms with Crippen LogP contribution >= 0.6 is 11.8 Å². The van der Waals surface area contributed by atoms with E-state index in [4.69, 9.17) is 9.47 Å². The quantitative estimate of drug-likeness (QED) is 0.515. The van der Waals surface area contributed by atoms with Gasteiger partial charge in [-0.2, -0.15) is 9.97 Å². The van der Waals surface area contributed by atoms with Gasteiger partial charge in [-0.1, -0.05) is 30.3 Å². The highest BCUT2D eigenvalue weighted by atomic mass is 32.2. The minimum Gasteiger partial charge on any atom is -0.481 e. The maximum Gasteiger partial charge on any atom is 0.220 e. The second kappa shape index (κ2) is 9.18. The molecule has 1 atom stereocenters. The molecule has 0 spiro atoms. The van der Waals surface area contributed by atoms with Crippen LogP contribution in [0.4, 0.5) is 5.69 Å². The van der Waals surface area contributed by atoms with E-state index in [1.165, 1.54) is 23.4 Å². The molecule has 6 heteroatoms. The summed E-state index contributed by atoms with van der Waals surface area (Å²) in [5.41, 5.74) is 2.43. The molecular formula is C23H25N3O2S. The summed E-state index contributed by atoms with van der Waals surface area (Å²) in [6, 6.07) is 20.8. The van der Waals surface area contributed by atoms with Crippen LogP contribution in [0.3, 0.4) is 0 Å². The molecule has 0 amide bonds. The first-order valence-electron chi connectivity index (χ1n) is 9.80. The Labute approximate surface area is 176 Å². The number of anilines is 1. The average Bonchev–Trinajstić information content (AvgIpc) is 3.33. The minimum atomic E-state index is -0.0714. The van der Waals surface area contributed by atoms with Crippen molar-refractivity contribution in [3.05, 3.63) is 72.1 Å². The van der Waals surface area contributed by atoms with Crippen LogP contribution in [0.25, 0.3) is 0 Å². The Balaban J connectivity index is 1.65. The van der Waals surface area contributed by atoms with E-state index in [1.54, 1.807) is 32.0 Å². The van der Waals surface area contributed by atoms with E-state index in [2.05, 4.69) is 51.3 Å². The third-order valence-electron chi connectivity index (χ3n) is 5.01. The molecule has 1 aliphatic heterocycles. The lowest BCUT2D eigenvalue weighted by molar-refractivity contribution is 0.368. The van der Waals surface area contributed by atoms with Gasteiger partial charge in [0.1, 0.15) is 0 Å². The predicted molar refractivity (Wildman–Crippen MR) is 117 cm³/mol. The molecule has 5 nitrogen and oxygen atoms in total. The highest BCUT2D eigenvalue weighted by Crippen LogP contribution is 2.40. The lowest BCUT2D eigenvalue weighted by Gasteiger charge is -2.19. The fourth-order valence-corrected chi connectivity index (χ4v) is 4.56. The van der Waals surface area contributed by atoms with E-state index < -0.39 is 0 Å². The first-order valence-corrected chi connectivity index (χ1v) is 10.7. The highest BCUT2D eigenvalue weighted by Gasteiger charge is 2.21. The zero-order valence-electron chi connectivity index (χ0n) is 16.7. The highest BCUT2D eigenvalue weighted by molar-refractivity contribution is 7.99. The Kier molecular flexibility index (Phi) is 6.20. The number of rotatable bonds is 7. The third-order valence-corrected chi connectivity index (χ3v) is 6.28. The summed E-state index contributed by atoms with van der Waals surface area (Å²) in [6.45, 7) is 2.30. The van der Waals surface area contributed by atoms with Gasteiger partial charge in [0.05, 0.1) is 25.5 Å². The third kappa shape index (κ3) is 4.65. The van der Waals surface area contributed by atoms with Crippen molar-refractivity contribution in [3.63, 3.8) is 0 Å². The van der Waals surface area contributed by atoms with Crippen molar-refractivity contribution in [2.45, 2.75) is 23.0 Å². The van der Waals surface area contributed by atoms with Crippen molar-refractivity contribution in [1.82, 2.24) is 9.97 Å². The summed E-state index contributed by atoms with van der Waals surface area (Å²) in [6.07, 6.45) is 2.56. The van der Waals surface area contributed by atoms with Gasteiger partial charge in [0.15, 0.2) is 5.82 Å². The molecule has 0 saturated carbocycles. The topological polar surface area (TPSA) is 47.5 Å². The van der Waals surface area contributed by atoms with Gasteiger partial charge in [0.25, 0.3) is 0 Å². The SMILES string of the molecule is COc1cc(OC)nc(C(Sc2ccc(N3CCCC3)cc2)c2ccccc2)n1. The molecule has 0 bridgehead atoms. The van der Waals surface area contributed by atoms with E-state index in [0.29, 0.717) is 17.6 Å². The Bertz CT molecular complexity index is 906. The first-order chi connectivity index (χ1) is 14.3. The van der Waals surface area contributed by atoms with Crippen LogP contribution in [-0.4, -0.2) is 37.3 Å². The molecule has 150 valence electrons. The maximum absolute atomic E-state index is 5.36. The second-order valence-electron chi connectivity index (χ2n) is 6.91. The van der Waals surface area contributed by atoms with Gasteiger partial charge < -0.3 is 14.4 Å². The number of nitrogens with zero attached hydrogens (tertiary/aromatic N) is 3. The van der Waals surface area contributed by atoms with E-state index in [9.17, 15) is 0 Å². The molecule has 0 radical (unpaired) electrons. The van der Waals surface area contributed by atoms with Crippen molar-refractivity contribution < 1.29 is 9.47 Å². The van der Waals surface area contributed by atoms with Crippen LogP contribution < -0.4 is 14.4 Å². The number of benzene rings is 2. The molecule has 1 unspecified atom stereocenters. The van der Waals surface area contributed by atoms with Crippen LogP contribution in [0, 0.1) is 0 Å². The molecule has 1 saturated heterocycles. The molecule has 3 aromatic rings. The number of hydrogen-bond donors (Lipinski definition) is 0. The number of aromatic nitrogens is 2. The number of methoxy groups -OCH3 is 2. The van der Waals surface area contributed by atoms with Gasteiger partial charge in [-0.05, 0) is 42.7 Å². The molecule has 29 heavy (non-hydrogen) atoms. The van der Waals surface area contributed by atoms with Gasteiger partial charge in [0.2, 0.25) is 11.8 Å². The molecule has 1 aliphatic rings. The fraction of sp³-hybridized carbons (Fsp3) is 0.304. The summed E-state index contributed by atoms with van der Waals surface area (Å²) in [4.78, 5) is 12.8. The number of hydrogen-bond acceptors (Lipinski definition) is 6. The van der Waals surface area contributed by atoms with Crippen molar-refractivity contribution >= 4 is 17.4 Å². The van der Waals surface area contributed by atoms with Crippen molar-refractivity contribution in [1.29, 1.82) is 0 Å². The zero-order chi connectivity index (χ0) is 20.1. The molecule has 1 aromatic heterocycles. The summed E-state index contributed by atoms with van der Waals surface area (Å²) < 4.78 is 10.7.